The normalized spacial score (nSPS) is 13.2. The number of aromatic nitrogens is 2. The molecule has 26 heavy (non-hydrogen) atoms. The van der Waals surface area contributed by atoms with Crippen LogP contribution in [-0.2, 0) is 16.9 Å². The number of aliphatic hydroxyl groups is 1. The summed E-state index contributed by atoms with van der Waals surface area (Å²) < 4.78 is 2.06. The third-order valence-corrected chi connectivity index (χ3v) is 4.41. The third-order valence-electron chi connectivity index (χ3n) is 4.41. The molecule has 0 fully saturated rings. The van der Waals surface area contributed by atoms with Crippen LogP contribution in [-0.4, -0.2) is 20.6 Å². The molecule has 0 saturated heterocycles. The van der Waals surface area contributed by atoms with Gasteiger partial charge in [0.15, 0.2) is 0 Å². The van der Waals surface area contributed by atoms with Crippen LogP contribution in [0.15, 0.2) is 67.0 Å². The van der Waals surface area contributed by atoms with Crippen LogP contribution in [0.4, 0.5) is 5.69 Å². The Labute approximate surface area is 153 Å². The highest BCUT2D eigenvalue weighted by Crippen LogP contribution is 2.24. The largest absolute Gasteiger partial charge is 0.385 e. The molecular formula is C21H23N3O2. The van der Waals surface area contributed by atoms with E-state index in [1.165, 1.54) is 0 Å². The van der Waals surface area contributed by atoms with Crippen LogP contribution < -0.4 is 5.32 Å². The van der Waals surface area contributed by atoms with Crippen molar-refractivity contribution in [1.29, 1.82) is 0 Å². The maximum atomic E-state index is 12.3. The average molecular weight is 349 g/mol. The molecule has 3 rings (SSSR count). The van der Waals surface area contributed by atoms with E-state index in [2.05, 4.69) is 14.9 Å². The summed E-state index contributed by atoms with van der Waals surface area (Å²) in [5.41, 5.74) is 1.36. The Hall–Kier alpha value is -2.92. The van der Waals surface area contributed by atoms with Gasteiger partial charge < -0.3 is 15.0 Å². The van der Waals surface area contributed by atoms with E-state index in [0.29, 0.717) is 5.69 Å². The SMILES string of the molecule is Cc1nccn1Cc1ccc(NC(=O)CC(C)(O)c2ccccc2)cc1. The Morgan fingerprint density at radius 1 is 1.15 bits per heavy atom. The second-order valence-corrected chi connectivity index (χ2v) is 6.66. The Balaban J connectivity index is 1.60. The predicted molar refractivity (Wildman–Crippen MR) is 102 cm³/mol. The summed E-state index contributed by atoms with van der Waals surface area (Å²) in [4.78, 5) is 16.5. The zero-order chi connectivity index (χ0) is 18.6. The summed E-state index contributed by atoms with van der Waals surface area (Å²) in [5.74, 6) is 0.738. The van der Waals surface area contributed by atoms with Crippen molar-refractivity contribution in [1.82, 2.24) is 9.55 Å². The van der Waals surface area contributed by atoms with E-state index in [4.69, 9.17) is 0 Å². The summed E-state index contributed by atoms with van der Waals surface area (Å²) >= 11 is 0. The molecule has 3 aromatic rings. The lowest BCUT2D eigenvalue weighted by molar-refractivity contribution is -0.120. The number of nitrogens with one attached hydrogen (secondary N) is 1. The van der Waals surface area contributed by atoms with E-state index in [1.807, 2.05) is 67.7 Å². The minimum Gasteiger partial charge on any atom is -0.385 e. The van der Waals surface area contributed by atoms with Crippen LogP contribution in [0.25, 0.3) is 0 Å². The van der Waals surface area contributed by atoms with Crippen molar-refractivity contribution in [2.75, 3.05) is 5.32 Å². The molecule has 1 unspecified atom stereocenters. The minimum atomic E-state index is -1.20. The van der Waals surface area contributed by atoms with E-state index in [1.54, 1.807) is 13.1 Å². The van der Waals surface area contributed by atoms with Gasteiger partial charge in [-0.15, -0.1) is 0 Å². The maximum absolute atomic E-state index is 12.3. The first-order valence-electron chi connectivity index (χ1n) is 8.58. The van der Waals surface area contributed by atoms with Crippen molar-refractivity contribution in [3.63, 3.8) is 0 Å². The van der Waals surface area contributed by atoms with Crippen LogP contribution in [0.3, 0.4) is 0 Å². The van der Waals surface area contributed by atoms with Gasteiger partial charge in [-0.3, -0.25) is 4.79 Å². The number of anilines is 1. The van der Waals surface area contributed by atoms with Gasteiger partial charge in [-0.1, -0.05) is 42.5 Å². The molecule has 1 amide bonds. The number of hydrogen-bond acceptors (Lipinski definition) is 3. The van der Waals surface area contributed by atoms with Crippen molar-refractivity contribution < 1.29 is 9.90 Å². The monoisotopic (exact) mass is 349 g/mol. The standard InChI is InChI=1S/C21H23N3O2/c1-16-22-12-13-24(16)15-17-8-10-19(11-9-17)23-20(25)14-21(2,26)18-6-4-3-5-7-18/h3-13,26H,14-15H2,1-2H3,(H,23,25). The number of benzene rings is 2. The van der Waals surface area contributed by atoms with Gasteiger partial charge in [0.2, 0.25) is 5.91 Å². The molecule has 2 aromatic carbocycles. The van der Waals surface area contributed by atoms with E-state index in [9.17, 15) is 9.90 Å². The van der Waals surface area contributed by atoms with Gasteiger partial charge in [0, 0.05) is 24.6 Å². The van der Waals surface area contributed by atoms with E-state index < -0.39 is 5.60 Å². The molecule has 0 bridgehead atoms. The van der Waals surface area contributed by atoms with Crippen LogP contribution in [0.2, 0.25) is 0 Å². The molecule has 1 heterocycles. The third kappa shape index (κ3) is 4.37. The number of carbonyl (C=O) groups excluding carboxylic acids is 1. The van der Waals surface area contributed by atoms with Crippen molar-refractivity contribution in [2.24, 2.45) is 0 Å². The molecule has 1 aromatic heterocycles. The number of amides is 1. The van der Waals surface area contributed by atoms with Crippen LogP contribution >= 0.6 is 0 Å². The Morgan fingerprint density at radius 2 is 1.85 bits per heavy atom. The molecule has 2 N–H and O–H groups in total. The first-order chi connectivity index (χ1) is 12.4. The van der Waals surface area contributed by atoms with Gasteiger partial charge >= 0.3 is 0 Å². The molecule has 134 valence electrons. The molecule has 0 spiro atoms. The van der Waals surface area contributed by atoms with Crippen molar-refractivity contribution in [2.45, 2.75) is 32.4 Å². The molecule has 0 aliphatic carbocycles. The summed E-state index contributed by atoms with van der Waals surface area (Å²) in [6, 6.07) is 16.9. The molecule has 0 radical (unpaired) electrons. The number of imidazole rings is 1. The quantitative estimate of drug-likeness (QED) is 0.716. The first kappa shape index (κ1) is 17.9. The smallest absolute Gasteiger partial charge is 0.227 e. The first-order valence-corrected chi connectivity index (χ1v) is 8.58. The molecule has 1 atom stereocenters. The number of aryl methyl sites for hydroxylation is 1. The Bertz CT molecular complexity index is 868. The number of carbonyl (C=O) groups is 1. The number of rotatable bonds is 6. The Morgan fingerprint density at radius 3 is 2.46 bits per heavy atom. The van der Waals surface area contributed by atoms with Gasteiger partial charge in [-0.2, -0.15) is 0 Å². The van der Waals surface area contributed by atoms with E-state index >= 15 is 0 Å². The van der Waals surface area contributed by atoms with Crippen molar-refractivity contribution >= 4 is 11.6 Å². The predicted octanol–water partition coefficient (Wildman–Crippen LogP) is 3.48. The highest BCUT2D eigenvalue weighted by Gasteiger charge is 2.26. The number of hydrogen-bond donors (Lipinski definition) is 2. The Kier molecular flexibility index (Phi) is 5.19. The summed E-state index contributed by atoms with van der Waals surface area (Å²) in [5, 5.41) is 13.4. The second kappa shape index (κ2) is 7.54. The van der Waals surface area contributed by atoms with Crippen LogP contribution in [0, 0.1) is 6.92 Å². The lowest BCUT2D eigenvalue weighted by atomic mass is 9.92. The van der Waals surface area contributed by atoms with Gasteiger partial charge in [0.25, 0.3) is 0 Å². The molecular weight excluding hydrogens is 326 g/mol. The molecule has 0 aliphatic rings. The number of nitrogens with zero attached hydrogens (tertiary/aromatic N) is 2. The zero-order valence-electron chi connectivity index (χ0n) is 15.0. The van der Waals surface area contributed by atoms with E-state index in [0.717, 1.165) is 23.5 Å². The van der Waals surface area contributed by atoms with E-state index in [-0.39, 0.29) is 12.3 Å². The topological polar surface area (TPSA) is 67.2 Å². The highest BCUT2D eigenvalue weighted by atomic mass is 16.3. The maximum Gasteiger partial charge on any atom is 0.227 e. The lowest BCUT2D eigenvalue weighted by Gasteiger charge is -2.23. The minimum absolute atomic E-state index is 0.00695. The molecule has 5 heteroatoms. The molecule has 5 nitrogen and oxygen atoms in total. The summed E-state index contributed by atoms with van der Waals surface area (Å²) in [6.45, 7) is 4.36. The second-order valence-electron chi connectivity index (χ2n) is 6.66. The van der Waals surface area contributed by atoms with Crippen LogP contribution in [0.5, 0.6) is 0 Å². The fourth-order valence-electron chi connectivity index (χ4n) is 2.88. The van der Waals surface area contributed by atoms with Gasteiger partial charge in [0.05, 0.1) is 12.0 Å². The van der Waals surface area contributed by atoms with Crippen LogP contribution in [0.1, 0.15) is 30.3 Å². The van der Waals surface area contributed by atoms with Gasteiger partial charge in [-0.25, -0.2) is 4.98 Å². The summed E-state index contributed by atoms with van der Waals surface area (Å²) in [6.07, 6.45) is 3.71. The average Bonchev–Trinajstić information content (AvgIpc) is 3.02. The van der Waals surface area contributed by atoms with Crippen molar-refractivity contribution in [3.05, 3.63) is 83.9 Å². The molecule has 0 aliphatic heterocycles. The summed E-state index contributed by atoms with van der Waals surface area (Å²) in [7, 11) is 0. The molecule has 0 saturated carbocycles. The fraction of sp³-hybridized carbons (Fsp3) is 0.238. The zero-order valence-corrected chi connectivity index (χ0v) is 15.0. The van der Waals surface area contributed by atoms with Crippen molar-refractivity contribution in [3.8, 4) is 0 Å². The lowest BCUT2D eigenvalue weighted by Crippen LogP contribution is -2.28. The van der Waals surface area contributed by atoms with Gasteiger partial charge in [-0.05, 0) is 37.1 Å². The highest BCUT2D eigenvalue weighted by molar-refractivity contribution is 5.91. The fourth-order valence-corrected chi connectivity index (χ4v) is 2.88. The van der Waals surface area contributed by atoms with Gasteiger partial charge in [0.1, 0.15) is 5.82 Å².